The third-order valence-electron chi connectivity index (χ3n) is 4.25. The molecule has 3 rings (SSSR count). The molecule has 0 radical (unpaired) electrons. The molecule has 4 heteroatoms. The van der Waals surface area contributed by atoms with Gasteiger partial charge in [-0.15, -0.1) is 0 Å². The number of hydrogen-bond acceptors (Lipinski definition) is 2. The summed E-state index contributed by atoms with van der Waals surface area (Å²) in [7, 11) is 1.95. The molecule has 0 aliphatic heterocycles. The number of carbonyl (C=O) groups excluding carboxylic acids is 1. The van der Waals surface area contributed by atoms with Crippen LogP contribution in [0.15, 0.2) is 54.6 Å². The average Bonchev–Trinajstić information content (AvgIpc) is 3.02. The lowest BCUT2D eigenvalue weighted by molar-refractivity contribution is 0.0958. The number of aryl methyl sites for hydroxylation is 1. The Labute approximate surface area is 154 Å². The normalized spacial score (nSPS) is 10.4. The SMILES string of the molecule is CCn1c(C#CCNC(=O)c2ccccc2)cc2cc(CNC)ccc21. The first kappa shape index (κ1) is 17.8. The van der Waals surface area contributed by atoms with Gasteiger partial charge in [0.25, 0.3) is 5.91 Å². The molecule has 132 valence electrons. The van der Waals surface area contributed by atoms with E-state index in [1.54, 1.807) is 12.1 Å². The first-order chi connectivity index (χ1) is 12.7. The molecule has 0 spiro atoms. The summed E-state index contributed by atoms with van der Waals surface area (Å²) in [6, 6.07) is 17.8. The van der Waals surface area contributed by atoms with Gasteiger partial charge in [0.05, 0.1) is 12.2 Å². The molecule has 0 unspecified atom stereocenters. The predicted molar refractivity (Wildman–Crippen MR) is 106 cm³/mol. The lowest BCUT2D eigenvalue weighted by Crippen LogP contribution is -2.23. The van der Waals surface area contributed by atoms with E-state index >= 15 is 0 Å². The highest BCUT2D eigenvalue weighted by molar-refractivity contribution is 5.94. The minimum atomic E-state index is -0.104. The van der Waals surface area contributed by atoms with E-state index in [0.717, 1.165) is 18.8 Å². The van der Waals surface area contributed by atoms with E-state index in [0.29, 0.717) is 12.1 Å². The Hall–Kier alpha value is -3.03. The average molecular weight is 345 g/mol. The van der Waals surface area contributed by atoms with Crippen molar-refractivity contribution in [3.05, 3.63) is 71.4 Å². The summed E-state index contributed by atoms with van der Waals surface area (Å²) in [6.07, 6.45) is 0. The number of carbonyl (C=O) groups is 1. The van der Waals surface area contributed by atoms with Gasteiger partial charge in [0.15, 0.2) is 0 Å². The number of nitrogens with zero attached hydrogens (tertiary/aromatic N) is 1. The van der Waals surface area contributed by atoms with Crippen molar-refractivity contribution in [2.45, 2.75) is 20.0 Å². The number of hydrogen-bond donors (Lipinski definition) is 2. The Morgan fingerprint density at radius 2 is 1.92 bits per heavy atom. The zero-order chi connectivity index (χ0) is 18.4. The second kappa shape index (κ2) is 8.37. The maximum absolute atomic E-state index is 12.0. The monoisotopic (exact) mass is 345 g/mol. The van der Waals surface area contributed by atoms with E-state index in [1.165, 1.54) is 16.5 Å². The number of aromatic nitrogens is 1. The van der Waals surface area contributed by atoms with Gasteiger partial charge in [0.2, 0.25) is 0 Å². The van der Waals surface area contributed by atoms with Crippen LogP contribution < -0.4 is 10.6 Å². The lowest BCUT2D eigenvalue weighted by Gasteiger charge is -2.04. The summed E-state index contributed by atoms with van der Waals surface area (Å²) >= 11 is 0. The minimum absolute atomic E-state index is 0.104. The van der Waals surface area contributed by atoms with Crippen molar-refractivity contribution in [3.8, 4) is 11.8 Å². The fourth-order valence-electron chi connectivity index (χ4n) is 3.03. The Morgan fingerprint density at radius 3 is 2.65 bits per heavy atom. The van der Waals surface area contributed by atoms with E-state index in [2.05, 4.69) is 58.2 Å². The van der Waals surface area contributed by atoms with Gasteiger partial charge in [-0.1, -0.05) is 30.2 Å². The second-order valence-electron chi connectivity index (χ2n) is 6.05. The fraction of sp³-hybridized carbons (Fsp3) is 0.227. The van der Waals surface area contributed by atoms with Crippen LogP contribution in [0, 0.1) is 11.8 Å². The summed E-state index contributed by atoms with van der Waals surface area (Å²) in [5.41, 5.74) is 4.06. The van der Waals surface area contributed by atoms with Crippen LogP contribution >= 0.6 is 0 Å². The van der Waals surface area contributed by atoms with Crippen LogP contribution in [0.5, 0.6) is 0 Å². The van der Waals surface area contributed by atoms with Crippen molar-refractivity contribution >= 4 is 16.8 Å². The Kier molecular flexibility index (Phi) is 5.73. The zero-order valence-electron chi connectivity index (χ0n) is 15.2. The Morgan fingerprint density at radius 1 is 1.12 bits per heavy atom. The summed E-state index contributed by atoms with van der Waals surface area (Å²) in [5.74, 6) is 6.15. The second-order valence-corrected chi connectivity index (χ2v) is 6.05. The smallest absolute Gasteiger partial charge is 0.252 e. The van der Waals surface area contributed by atoms with Gasteiger partial charge >= 0.3 is 0 Å². The molecule has 1 aromatic heterocycles. The first-order valence-electron chi connectivity index (χ1n) is 8.81. The summed E-state index contributed by atoms with van der Waals surface area (Å²) < 4.78 is 2.20. The molecular formula is C22H23N3O. The standard InChI is InChI=1S/C22H23N3O/c1-3-25-20(15-19-14-17(16-23-2)11-12-21(19)25)10-7-13-24-22(26)18-8-5-4-6-9-18/h4-6,8-9,11-12,14-15,23H,3,13,16H2,1-2H3,(H,24,26). The van der Waals surface area contributed by atoms with E-state index in [-0.39, 0.29) is 5.91 Å². The van der Waals surface area contributed by atoms with Crippen LogP contribution in [0.4, 0.5) is 0 Å². The van der Waals surface area contributed by atoms with Crippen molar-refractivity contribution in [3.63, 3.8) is 0 Å². The molecule has 3 aromatic rings. The highest BCUT2D eigenvalue weighted by Gasteiger charge is 2.06. The van der Waals surface area contributed by atoms with Crippen molar-refractivity contribution in [1.82, 2.24) is 15.2 Å². The van der Waals surface area contributed by atoms with Crippen LogP contribution in [-0.4, -0.2) is 24.1 Å². The molecule has 0 aliphatic rings. The minimum Gasteiger partial charge on any atom is -0.341 e. The summed E-state index contributed by atoms with van der Waals surface area (Å²) in [4.78, 5) is 12.0. The third kappa shape index (κ3) is 3.96. The van der Waals surface area contributed by atoms with Gasteiger partial charge < -0.3 is 15.2 Å². The highest BCUT2D eigenvalue weighted by atomic mass is 16.1. The molecule has 4 nitrogen and oxygen atoms in total. The van der Waals surface area contributed by atoms with Crippen LogP contribution in [0.3, 0.4) is 0 Å². The van der Waals surface area contributed by atoms with Crippen LogP contribution in [-0.2, 0) is 13.1 Å². The quantitative estimate of drug-likeness (QED) is 0.698. The molecular weight excluding hydrogens is 322 g/mol. The van der Waals surface area contributed by atoms with Gasteiger partial charge in [-0.25, -0.2) is 0 Å². The van der Waals surface area contributed by atoms with E-state index in [9.17, 15) is 4.79 Å². The van der Waals surface area contributed by atoms with Crippen molar-refractivity contribution < 1.29 is 4.79 Å². The summed E-state index contributed by atoms with van der Waals surface area (Å²) in [6.45, 7) is 4.14. The van der Waals surface area contributed by atoms with Crippen LogP contribution in [0.25, 0.3) is 10.9 Å². The Bertz CT molecular complexity index is 961. The van der Waals surface area contributed by atoms with Gasteiger partial charge in [-0.3, -0.25) is 4.79 Å². The van der Waals surface area contributed by atoms with Crippen molar-refractivity contribution in [1.29, 1.82) is 0 Å². The predicted octanol–water partition coefficient (Wildman–Crippen LogP) is 3.16. The molecule has 26 heavy (non-hydrogen) atoms. The number of nitrogens with one attached hydrogen (secondary N) is 2. The molecule has 0 saturated carbocycles. The molecule has 1 amide bonds. The number of fused-ring (bicyclic) bond motifs is 1. The Balaban J connectivity index is 1.74. The number of benzene rings is 2. The van der Waals surface area contributed by atoms with Gasteiger partial charge in [-0.05, 0) is 55.8 Å². The lowest BCUT2D eigenvalue weighted by atomic mass is 10.1. The first-order valence-corrected chi connectivity index (χ1v) is 8.81. The van der Waals surface area contributed by atoms with Crippen molar-refractivity contribution in [2.75, 3.05) is 13.6 Å². The molecule has 1 heterocycles. The highest BCUT2D eigenvalue weighted by Crippen LogP contribution is 2.21. The van der Waals surface area contributed by atoms with Gasteiger partial charge in [0, 0.05) is 29.6 Å². The van der Waals surface area contributed by atoms with Crippen LogP contribution in [0.1, 0.15) is 28.5 Å². The molecule has 2 N–H and O–H groups in total. The van der Waals surface area contributed by atoms with E-state index < -0.39 is 0 Å². The molecule has 0 bridgehead atoms. The van der Waals surface area contributed by atoms with Crippen LogP contribution in [0.2, 0.25) is 0 Å². The largest absolute Gasteiger partial charge is 0.341 e. The van der Waals surface area contributed by atoms with E-state index in [1.807, 2.05) is 25.2 Å². The molecule has 0 aliphatic carbocycles. The van der Waals surface area contributed by atoms with Gasteiger partial charge in [-0.2, -0.15) is 0 Å². The van der Waals surface area contributed by atoms with Crippen molar-refractivity contribution in [2.24, 2.45) is 0 Å². The summed E-state index contributed by atoms with van der Waals surface area (Å²) in [5, 5.41) is 7.20. The van der Waals surface area contributed by atoms with E-state index in [4.69, 9.17) is 0 Å². The molecule has 0 atom stereocenters. The topological polar surface area (TPSA) is 46.1 Å². The number of amides is 1. The maximum Gasteiger partial charge on any atom is 0.252 e. The molecule has 2 aromatic carbocycles. The molecule has 0 saturated heterocycles. The van der Waals surface area contributed by atoms with Gasteiger partial charge in [0.1, 0.15) is 0 Å². The molecule has 0 fully saturated rings. The third-order valence-corrected chi connectivity index (χ3v) is 4.25. The maximum atomic E-state index is 12.0. The zero-order valence-corrected chi connectivity index (χ0v) is 15.2. The number of rotatable bonds is 5. The fourth-order valence-corrected chi connectivity index (χ4v) is 3.03.